The lowest BCUT2D eigenvalue weighted by atomic mass is 10.1. The van der Waals surface area contributed by atoms with Crippen molar-refractivity contribution < 1.29 is 0 Å². The number of benzene rings is 2. The summed E-state index contributed by atoms with van der Waals surface area (Å²) in [5.74, 6) is 0. The maximum absolute atomic E-state index is 4.56. The van der Waals surface area contributed by atoms with E-state index in [1.807, 2.05) is 29.8 Å². The quantitative estimate of drug-likeness (QED) is 0.509. The predicted octanol–water partition coefficient (Wildman–Crippen LogP) is 4.88. The van der Waals surface area contributed by atoms with E-state index in [-0.39, 0.29) is 0 Å². The predicted molar refractivity (Wildman–Crippen MR) is 107 cm³/mol. The van der Waals surface area contributed by atoms with Gasteiger partial charge in [-0.3, -0.25) is 5.43 Å². The highest BCUT2D eigenvalue weighted by molar-refractivity contribution is 7.14. The van der Waals surface area contributed by atoms with Crippen molar-refractivity contribution in [3.63, 3.8) is 0 Å². The van der Waals surface area contributed by atoms with Crippen LogP contribution in [-0.4, -0.2) is 30.2 Å². The van der Waals surface area contributed by atoms with Crippen LogP contribution in [0.5, 0.6) is 0 Å². The monoisotopic (exact) mass is 350 g/mol. The first-order valence-electron chi connectivity index (χ1n) is 8.20. The zero-order chi connectivity index (χ0) is 17.6. The van der Waals surface area contributed by atoms with Gasteiger partial charge >= 0.3 is 0 Å². The van der Waals surface area contributed by atoms with E-state index in [1.54, 1.807) is 11.3 Å². The zero-order valence-electron chi connectivity index (χ0n) is 14.7. The summed E-state index contributed by atoms with van der Waals surface area (Å²) in [5.41, 5.74) is 7.43. The van der Waals surface area contributed by atoms with Crippen molar-refractivity contribution in [2.45, 2.75) is 13.0 Å². The summed E-state index contributed by atoms with van der Waals surface area (Å²) in [7, 11) is 4.17. The lowest BCUT2D eigenvalue weighted by molar-refractivity contribution is 0.321. The van der Waals surface area contributed by atoms with E-state index in [0.29, 0.717) is 6.04 Å². The van der Waals surface area contributed by atoms with Crippen LogP contribution < -0.4 is 5.43 Å². The summed E-state index contributed by atoms with van der Waals surface area (Å²) in [6, 6.07) is 19.0. The van der Waals surface area contributed by atoms with Gasteiger partial charge in [0.1, 0.15) is 0 Å². The average Bonchev–Trinajstić information content (AvgIpc) is 3.11. The Morgan fingerprint density at radius 2 is 1.80 bits per heavy atom. The lowest BCUT2D eigenvalue weighted by Gasteiger charge is -2.20. The van der Waals surface area contributed by atoms with E-state index >= 15 is 0 Å². The number of hydrazone groups is 1. The largest absolute Gasteiger partial charge is 0.303 e. The Morgan fingerprint density at radius 3 is 2.48 bits per heavy atom. The third kappa shape index (κ3) is 4.53. The van der Waals surface area contributed by atoms with Gasteiger partial charge < -0.3 is 4.90 Å². The molecule has 0 amide bonds. The molecule has 0 saturated heterocycles. The molecule has 1 atom stereocenters. The van der Waals surface area contributed by atoms with Gasteiger partial charge in [0.05, 0.1) is 11.9 Å². The molecule has 128 valence electrons. The molecule has 25 heavy (non-hydrogen) atoms. The number of rotatable bonds is 6. The van der Waals surface area contributed by atoms with E-state index in [0.717, 1.165) is 22.0 Å². The number of aromatic nitrogens is 1. The lowest BCUT2D eigenvalue weighted by Crippen LogP contribution is -2.16. The number of hydrogen-bond acceptors (Lipinski definition) is 5. The van der Waals surface area contributed by atoms with Gasteiger partial charge in [-0.25, -0.2) is 4.98 Å². The SMILES string of the molecule is CC(c1ccc(C=NNc2nc(-c3ccccc3)cs2)cc1)N(C)C. The van der Waals surface area contributed by atoms with Crippen LogP contribution in [-0.2, 0) is 0 Å². The van der Waals surface area contributed by atoms with E-state index in [2.05, 4.69) is 77.8 Å². The minimum absolute atomic E-state index is 0.399. The smallest absolute Gasteiger partial charge is 0.203 e. The van der Waals surface area contributed by atoms with Gasteiger partial charge in [0.25, 0.3) is 0 Å². The minimum atomic E-state index is 0.399. The van der Waals surface area contributed by atoms with E-state index in [1.165, 1.54) is 5.56 Å². The summed E-state index contributed by atoms with van der Waals surface area (Å²) in [5, 5.41) is 7.11. The molecule has 3 aromatic rings. The number of thiazole rings is 1. The number of hydrogen-bond donors (Lipinski definition) is 1. The van der Waals surface area contributed by atoms with E-state index in [9.17, 15) is 0 Å². The molecule has 0 fully saturated rings. The van der Waals surface area contributed by atoms with Crippen molar-refractivity contribution in [1.29, 1.82) is 0 Å². The molecule has 1 aromatic heterocycles. The average molecular weight is 350 g/mol. The van der Waals surface area contributed by atoms with E-state index < -0.39 is 0 Å². The van der Waals surface area contributed by atoms with E-state index in [4.69, 9.17) is 0 Å². The molecular formula is C20H22N4S. The molecule has 0 aliphatic rings. The Morgan fingerprint density at radius 1 is 1.08 bits per heavy atom. The van der Waals surface area contributed by atoms with Crippen molar-refractivity contribution in [1.82, 2.24) is 9.88 Å². The summed E-state index contributed by atoms with van der Waals surface area (Å²) >= 11 is 1.55. The van der Waals surface area contributed by atoms with Crippen LogP contribution in [0.4, 0.5) is 5.13 Å². The molecule has 3 rings (SSSR count). The number of anilines is 1. The molecule has 1 heterocycles. The summed E-state index contributed by atoms with van der Waals surface area (Å²) in [6.45, 7) is 2.19. The number of nitrogens with one attached hydrogen (secondary N) is 1. The van der Waals surface area contributed by atoms with Crippen LogP contribution in [0.25, 0.3) is 11.3 Å². The second-order valence-corrected chi connectivity index (χ2v) is 6.94. The minimum Gasteiger partial charge on any atom is -0.303 e. The fourth-order valence-electron chi connectivity index (χ4n) is 2.39. The molecule has 0 radical (unpaired) electrons. The van der Waals surface area contributed by atoms with Gasteiger partial charge in [-0.1, -0.05) is 54.6 Å². The first-order chi connectivity index (χ1) is 12.1. The highest BCUT2D eigenvalue weighted by Gasteiger charge is 2.06. The highest BCUT2D eigenvalue weighted by atomic mass is 32.1. The van der Waals surface area contributed by atoms with Crippen LogP contribution in [0, 0.1) is 0 Å². The maximum atomic E-state index is 4.56. The zero-order valence-corrected chi connectivity index (χ0v) is 15.5. The van der Waals surface area contributed by atoms with Crippen molar-refractivity contribution in [2.75, 3.05) is 19.5 Å². The Hall–Kier alpha value is -2.50. The number of nitrogens with zero attached hydrogens (tertiary/aromatic N) is 3. The van der Waals surface area contributed by atoms with Gasteiger partial charge in [-0.05, 0) is 32.1 Å². The molecule has 0 aliphatic heterocycles. The normalized spacial score (nSPS) is 12.6. The third-order valence-corrected chi connectivity index (χ3v) is 4.89. The Bertz CT molecular complexity index is 822. The van der Waals surface area contributed by atoms with Gasteiger partial charge in [0.2, 0.25) is 5.13 Å². The topological polar surface area (TPSA) is 40.5 Å². The molecule has 0 saturated carbocycles. The van der Waals surface area contributed by atoms with Gasteiger partial charge in [-0.2, -0.15) is 5.10 Å². The third-order valence-electron chi connectivity index (χ3n) is 4.14. The van der Waals surface area contributed by atoms with Crippen LogP contribution in [0.15, 0.2) is 65.1 Å². The van der Waals surface area contributed by atoms with Crippen molar-refractivity contribution >= 4 is 22.7 Å². The molecule has 1 unspecified atom stereocenters. The fraction of sp³-hybridized carbons (Fsp3) is 0.200. The molecule has 0 bridgehead atoms. The van der Waals surface area contributed by atoms with Crippen molar-refractivity contribution in [3.8, 4) is 11.3 Å². The molecule has 2 aromatic carbocycles. The summed E-state index contributed by atoms with van der Waals surface area (Å²) < 4.78 is 0. The Balaban J connectivity index is 1.61. The highest BCUT2D eigenvalue weighted by Crippen LogP contribution is 2.24. The Kier molecular flexibility index (Phi) is 5.58. The molecule has 1 N–H and O–H groups in total. The second kappa shape index (κ2) is 8.05. The van der Waals surface area contributed by atoms with Gasteiger partial charge in [0, 0.05) is 17.0 Å². The molecule has 0 spiro atoms. The maximum Gasteiger partial charge on any atom is 0.203 e. The molecular weight excluding hydrogens is 328 g/mol. The first kappa shape index (κ1) is 17.3. The fourth-order valence-corrected chi connectivity index (χ4v) is 3.06. The van der Waals surface area contributed by atoms with Crippen LogP contribution in [0.3, 0.4) is 0 Å². The summed E-state index contributed by atoms with van der Waals surface area (Å²) in [4.78, 5) is 6.75. The second-order valence-electron chi connectivity index (χ2n) is 6.08. The van der Waals surface area contributed by atoms with Gasteiger partial charge in [0.15, 0.2) is 0 Å². The van der Waals surface area contributed by atoms with Crippen molar-refractivity contribution in [2.24, 2.45) is 5.10 Å². The molecule has 0 aliphatic carbocycles. The first-order valence-corrected chi connectivity index (χ1v) is 9.08. The Labute approximate surface area is 152 Å². The van der Waals surface area contributed by atoms with Crippen LogP contribution >= 0.6 is 11.3 Å². The van der Waals surface area contributed by atoms with Gasteiger partial charge in [-0.15, -0.1) is 11.3 Å². The van der Waals surface area contributed by atoms with Crippen LogP contribution in [0.2, 0.25) is 0 Å². The molecule has 5 heteroatoms. The summed E-state index contributed by atoms with van der Waals surface area (Å²) in [6.07, 6.45) is 1.81. The molecule has 4 nitrogen and oxygen atoms in total. The van der Waals surface area contributed by atoms with Crippen LogP contribution in [0.1, 0.15) is 24.1 Å². The van der Waals surface area contributed by atoms with Crippen molar-refractivity contribution in [3.05, 3.63) is 71.1 Å². The standard InChI is InChI=1S/C20H22N4S/c1-15(24(2)3)17-11-9-16(10-12-17)13-21-23-20-22-19(14-25-20)18-7-5-4-6-8-18/h4-15H,1-3H3,(H,22,23).